The van der Waals surface area contributed by atoms with Gasteiger partial charge in [-0.2, -0.15) is 5.10 Å². The number of nitro groups is 1. The summed E-state index contributed by atoms with van der Waals surface area (Å²) in [4.78, 5) is 9.99. The van der Waals surface area contributed by atoms with E-state index < -0.39 is 4.92 Å². The molecule has 0 aliphatic carbocycles. The lowest BCUT2D eigenvalue weighted by molar-refractivity contribution is -0.386. The molecule has 0 radical (unpaired) electrons. The molecule has 0 aromatic carbocycles. The second-order valence-corrected chi connectivity index (χ2v) is 2.51. The Kier molecular flexibility index (Phi) is 1.54. The van der Waals surface area contributed by atoms with Gasteiger partial charge in [-0.15, -0.1) is 0 Å². The SMILES string of the molecule is O=[N+]([O-])c1cnn2c1COCC2. The molecule has 1 aliphatic heterocycles. The molecule has 0 N–H and O–H groups in total. The van der Waals surface area contributed by atoms with Crippen molar-refractivity contribution in [3.05, 3.63) is 22.0 Å². The normalized spacial score (nSPS) is 15.7. The first-order valence-electron chi connectivity index (χ1n) is 3.56. The van der Waals surface area contributed by atoms with Crippen molar-refractivity contribution in [2.75, 3.05) is 6.61 Å². The lowest BCUT2D eigenvalue weighted by Gasteiger charge is -2.12. The van der Waals surface area contributed by atoms with E-state index in [-0.39, 0.29) is 12.3 Å². The highest BCUT2D eigenvalue weighted by molar-refractivity contribution is 5.32. The second kappa shape index (κ2) is 2.56. The topological polar surface area (TPSA) is 70.2 Å². The van der Waals surface area contributed by atoms with E-state index in [0.29, 0.717) is 18.8 Å². The standard InChI is InChI=1S/C6H7N3O3/c10-9(11)5-3-7-8-1-2-12-4-6(5)8/h3H,1-2,4H2. The number of fused-ring (bicyclic) bond motifs is 1. The molecule has 0 amide bonds. The molecule has 1 aromatic rings. The molecule has 0 saturated heterocycles. The zero-order valence-electron chi connectivity index (χ0n) is 6.27. The second-order valence-electron chi connectivity index (χ2n) is 2.51. The Hall–Kier alpha value is -1.43. The molecule has 0 atom stereocenters. The van der Waals surface area contributed by atoms with Crippen LogP contribution >= 0.6 is 0 Å². The molecule has 0 unspecified atom stereocenters. The zero-order valence-corrected chi connectivity index (χ0v) is 6.27. The van der Waals surface area contributed by atoms with Crippen molar-refractivity contribution in [1.82, 2.24) is 9.78 Å². The van der Waals surface area contributed by atoms with Gasteiger partial charge >= 0.3 is 5.69 Å². The molecule has 0 bridgehead atoms. The maximum Gasteiger partial charge on any atom is 0.312 e. The highest BCUT2D eigenvalue weighted by Gasteiger charge is 2.22. The Bertz CT molecular complexity index is 320. The smallest absolute Gasteiger partial charge is 0.312 e. The van der Waals surface area contributed by atoms with Crippen molar-refractivity contribution in [2.24, 2.45) is 0 Å². The van der Waals surface area contributed by atoms with E-state index >= 15 is 0 Å². The lowest BCUT2D eigenvalue weighted by Crippen LogP contribution is -2.17. The maximum absolute atomic E-state index is 10.4. The lowest BCUT2D eigenvalue weighted by atomic mass is 10.3. The van der Waals surface area contributed by atoms with Crippen molar-refractivity contribution in [2.45, 2.75) is 13.2 Å². The van der Waals surface area contributed by atoms with E-state index in [1.165, 1.54) is 6.20 Å². The van der Waals surface area contributed by atoms with Gasteiger partial charge in [0.05, 0.1) is 24.7 Å². The largest absolute Gasteiger partial charge is 0.373 e. The summed E-state index contributed by atoms with van der Waals surface area (Å²) in [5, 5.41) is 14.3. The molecule has 2 rings (SSSR count). The Labute approximate surface area is 67.9 Å². The van der Waals surface area contributed by atoms with Crippen molar-refractivity contribution in [3.8, 4) is 0 Å². The van der Waals surface area contributed by atoms with Crippen LogP contribution in [0.25, 0.3) is 0 Å². The van der Waals surface area contributed by atoms with Gasteiger partial charge in [0, 0.05) is 0 Å². The fourth-order valence-electron chi connectivity index (χ4n) is 1.21. The molecule has 0 fully saturated rings. The van der Waals surface area contributed by atoms with Gasteiger partial charge < -0.3 is 4.74 Å². The number of ether oxygens (including phenoxy) is 1. The molecule has 12 heavy (non-hydrogen) atoms. The van der Waals surface area contributed by atoms with Crippen LogP contribution in [0.5, 0.6) is 0 Å². The van der Waals surface area contributed by atoms with Crippen LogP contribution < -0.4 is 0 Å². The van der Waals surface area contributed by atoms with E-state index in [1.807, 2.05) is 0 Å². The van der Waals surface area contributed by atoms with Gasteiger partial charge in [0.1, 0.15) is 11.9 Å². The van der Waals surface area contributed by atoms with Crippen LogP contribution in [0, 0.1) is 10.1 Å². The molecule has 0 saturated carbocycles. The summed E-state index contributed by atoms with van der Waals surface area (Å²) >= 11 is 0. The fraction of sp³-hybridized carbons (Fsp3) is 0.500. The van der Waals surface area contributed by atoms with E-state index in [4.69, 9.17) is 4.74 Å². The van der Waals surface area contributed by atoms with Crippen molar-refractivity contribution in [3.63, 3.8) is 0 Å². The Morgan fingerprint density at radius 1 is 1.75 bits per heavy atom. The summed E-state index contributed by atoms with van der Waals surface area (Å²) in [5.41, 5.74) is 0.612. The van der Waals surface area contributed by atoms with Gasteiger partial charge in [0.25, 0.3) is 0 Å². The molecule has 64 valence electrons. The van der Waals surface area contributed by atoms with E-state index in [2.05, 4.69) is 5.10 Å². The van der Waals surface area contributed by atoms with E-state index in [9.17, 15) is 10.1 Å². The van der Waals surface area contributed by atoms with Crippen LogP contribution in [-0.4, -0.2) is 21.3 Å². The molecular formula is C6H7N3O3. The first kappa shape index (κ1) is 7.23. The summed E-state index contributed by atoms with van der Waals surface area (Å²) in [7, 11) is 0. The van der Waals surface area contributed by atoms with Crippen molar-refractivity contribution < 1.29 is 9.66 Å². The first-order valence-corrected chi connectivity index (χ1v) is 3.56. The van der Waals surface area contributed by atoms with Gasteiger partial charge in [0.2, 0.25) is 0 Å². The van der Waals surface area contributed by atoms with E-state index in [0.717, 1.165) is 0 Å². The third-order valence-electron chi connectivity index (χ3n) is 1.81. The Morgan fingerprint density at radius 2 is 2.58 bits per heavy atom. The average molecular weight is 169 g/mol. The third kappa shape index (κ3) is 0.964. The summed E-state index contributed by atoms with van der Waals surface area (Å²) in [5.74, 6) is 0. The number of hydrogen-bond acceptors (Lipinski definition) is 4. The van der Waals surface area contributed by atoms with Crippen molar-refractivity contribution in [1.29, 1.82) is 0 Å². The molecule has 6 heteroatoms. The number of hydrogen-bond donors (Lipinski definition) is 0. The average Bonchev–Trinajstić information content (AvgIpc) is 2.47. The first-order chi connectivity index (χ1) is 5.79. The van der Waals surface area contributed by atoms with Gasteiger partial charge in [-0.05, 0) is 0 Å². The minimum atomic E-state index is -0.437. The summed E-state index contributed by atoms with van der Waals surface area (Å²) in [6.45, 7) is 1.46. The van der Waals surface area contributed by atoms with Crippen LogP contribution in [0.2, 0.25) is 0 Å². The predicted molar refractivity (Wildman–Crippen MR) is 38.5 cm³/mol. The van der Waals surface area contributed by atoms with Gasteiger partial charge in [-0.3, -0.25) is 14.8 Å². The minimum Gasteiger partial charge on any atom is -0.373 e. The fourth-order valence-corrected chi connectivity index (χ4v) is 1.21. The summed E-state index contributed by atoms with van der Waals surface area (Å²) < 4.78 is 6.69. The minimum absolute atomic E-state index is 0.0506. The molecule has 0 spiro atoms. The van der Waals surface area contributed by atoms with Crippen LogP contribution in [0.3, 0.4) is 0 Å². The molecule has 1 aliphatic rings. The molecule has 6 nitrogen and oxygen atoms in total. The zero-order chi connectivity index (χ0) is 8.55. The Balaban J connectivity index is 2.44. The van der Waals surface area contributed by atoms with Crippen LogP contribution in [0.1, 0.15) is 5.69 Å². The van der Waals surface area contributed by atoms with Crippen LogP contribution in [0.15, 0.2) is 6.20 Å². The molecule has 1 aromatic heterocycles. The molecular weight excluding hydrogens is 162 g/mol. The number of rotatable bonds is 1. The summed E-state index contributed by atoms with van der Waals surface area (Å²) in [6, 6.07) is 0. The number of nitrogens with zero attached hydrogens (tertiary/aromatic N) is 3. The third-order valence-corrected chi connectivity index (χ3v) is 1.81. The van der Waals surface area contributed by atoms with Gasteiger partial charge in [-0.1, -0.05) is 0 Å². The Morgan fingerprint density at radius 3 is 3.33 bits per heavy atom. The van der Waals surface area contributed by atoms with Gasteiger partial charge in [0.15, 0.2) is 0 Å². The van der Waals surface area contributed by atoms with Crippen molar-refractivity contribution >= 4 is 5.69 Å². The van der Waals surface area contributed by atoms with Gasteiger partial charge in [-0.25, -0.2) is 0 Å². The van der Waals surface area contributed by atoms with Crippen LogP contribution in [0.4, 0.5) is 5.69 Å². The quantitative estimate of drug-likeness (QED) is 0.448. The number of aromatic nitrogens is 2. The van der Waals surface area contributed by atoms with E-state index in [1.54, 1.807) is 4.68 Å². The molecule has 2 heterocycles. The highest BCUT2D eigenvalue weighted by atomic mass is 16.6. The predicted octanol–water partition coefficient (Wildman–Crippen LogP) is 0.321. The summed E-state index contributed by atoms with van der Waals surface area (Å²) in [6.07, 6.45) is 1.27. The monoisotopic (exact) mass is 169 g/mol. The highest BCUT2D eigenvalue weighted by Crippen LogP contribution is 2.20. The maximum atomic E-state index is 10.4. The van der Waals surface area contributed by atoms with Crippen LogP contribution in [-0.2, 0) is 17.9 Å².